The highest BCUT2D eigenvalue weighted by molar-refractivity contribution is 7.89. The summed E-state index contributed by atoms with van der Waals surface area (Å²) in [6, 6.07) is 11.5. The van der Waals surface area contributed by atoms with E-state index in [4.69, 9.17) is 28.4 Å². The fourth-order valence-electron chi connectivity index (χ4n) is 4.13. The van der Waals surface area contributed by atoms with Crippen LogP contribution in [-0.4, -0.2) is 76.9 Å². The molecule has 39 heavy (non-hydrogen) atoms. The zero-order valence-electron chi connectivity index (χ0n) is 21.5. The van der Waals surface area contributed by atoms with Gasteiger partial charge in [-0.3, -0.25) is 0 Å². The number of methoxy groups -OCH3 is 1. The number of carbonyl (C=O) groups excluding carboxylic acids is 1. The average Bonchev–Trinajstić information content (AvgIpc) is 3.43. The summed E-state index contributed by atoms with van der Waals surface area (Å²) in [5.74, 6) is 0.792. The number of esters is 1. The highest BCUT2D eigenvalue weighted by Crippen LogP contribution is 2.38. The van der Waals surface area contributed by atoms with Crippen molar-refractivity contribution in [3.63, 3.8) is 0 Å². The van der Waals surface area contributed by atoms with Crippen LogP contribution in [-0.2, 0) is 29.0 Å². The Balaban J connectivity index is 1.46. The van der Waals surface area contributed by atoms with Crippen LogP contribution >= 0.6 is 0 Å². The molecule has 11 nitrogen and oxygen atoms in total. The summed E-state index contributed by atoms with van der Waals surface area (Å²) in [7, 11) is -2.42. The van der Waals surface area contributed by atoms with Gasteiger partial charge >= 0.3 is 5.97 Å². The Bertz CT molecular complexity index is 1290. The van der Waals surface area contributed by atoms with E-state index in [1.165, 1.54) is 25.3 Å². The van der Waals surface area contributed by atoms with Crippen molar-refractivity contribution >= 4 is 16.0 Å². The number of ether oxygens (including phenoxy) is 6. The summed E-state index contributed by atoms with van der Waals surface area (Å²) >= 11 is 0. The van der Waals surface area contributed by atoms with Gasteiger partial charge in [-0.05, 0) is 48.0 Å². The van der Waals surface area contributed by atoms with E-state index in [-0.39, 0.29) is 56.3 Å². The first-order chi connectivity index (χ1) is 18.8. The van der Waals surface area contributed by atoms with Gasteiger partial charge in [0.2, 0.25) is 28.9 Å². The summed E-state index contributed by atoms with van der Waals surface area (Å²) in [5, 5.41) is 9.49. The van der Waals surface area contributed by atoms with E-state index < -0.39 is 22.3 Å². The molecule has 0 aromatic heterocycles. The van der Waals surface area contributed by atoms with Gasteiger partial charge in [-0.25, -0.2) is 13.2 Å². The summed E-state index contributed by atoms with van der Waals surface area (Å²) in [6.45, 7) is 3.09. The molecule has 0 fully saturated rings. The molecule has 1 unspecified atom stereocenters. The summed E-state index contributed by atoms with van der Waals surface area (Å²) in [4.78, 5) is 12.6. The summed E-state index contributed by atoms with van der Waals surface area (Å²) < 4.78 is 60.2. The quantitative estimate of drug-likeness (QED) is 0.288. The molecule has 2 aromatic carbocycles. The third kappa shape index (κ3) is 6.90. The molecule has 0 saturated heterocycles. The minimum atomic E-state index is -3.91. The van der Waals surface area contributed by atoms with Gasteiger partial charge in [-0.1, -0.05) is 18.7 Å². The number of fused-ring (bicyclic) bond motifs is 1. The first-order valence-corrected chi connectivity index (χ1v) is 13.7. The lowest BCUT2D eigenvalue weighted by molar-refractivity contribution is -0.160. The first kappa shape index (κ1) is 28.4. The predicted octanol–water partition coefficient (Wildman–Crippen LogP) is 2.57. The Morgan fingerprint density at radius 1 is 1.15 bits per heavy atom. The molecule has 2 heterocycles. The molecule has 0 spiro atoms. The normalized spacial score (nSPS) is 18.3. The van der Waals surface area contributed by atoms with E-state index in [1.807, 2.05) is 12.1 Å². The smallest absolute Gasteiger partial charge is 0.373 e. The molecular weight excluding hydrogens is 530 g/mol. The molecule has 2 aromatic rings. The van der Waals surface area contributed by atoms with Gasteiger partial charge in [0.1, 0.15) is 12.4 Å². The van der Waals surface area contributed by atoms with Crippen molar-refractivity contribution in [2.24, 2.45) is 0 Å². The Labute approximate surface area is 227 Å². The maximum Gasteiger partial charge on any atom is 0.373 e. The number of carbonyl (C=O) groups is 1. The molecule has 0 aliphatic carbocycles. The molecule has 2 aliphatic rings. The number of hydrogen-bond acceptors (Lipinski definition) is 10. The molecule has 2 aliphatic heterocycles. The van der Waals surface area contributed by atoms with E-state index in [9.17, 15) is 18.3 Å². The Hall–Kier alpha value is -3.58. The minimum Gasteiger partial charge on any atom is -0.497 e. The number of allylic oxidation sites excluding steroid dienone is 1. The standard InChI is InChI=1S/C27H31NO10S/c1-3-13-35-27(30)25-16-20(19-4-9-23-24(15-19)37-18-36-23)17-26(38-25)34-14-11-28(10-12-29)39(31,32)22-7-5-21(33-2)6-8-22/h3-9,15-16,20,26,29H,1,10-14,17-18H2,2H3/t20-,26?/m0/s1. The third-order valence-corrected chi connectivity index (χ3v) is 8.02. The second-order valence-corrected chi connectivity index (χ2v) is 10.5. The lowest BCUT2D eigenvalue weighted by Gasteiger charge is -2.30. The Kier molecular flexibility index (Phi) is 9.46. The van der Waals surface area contributed by atoms with Crippen LogP contribution in [0.2, 0.25) is 0 Å². The number of benzene rings is 2. The third-order valence-electron chi connectivity index (χ3n) is 6.11. The van der Waals surface area contributed by atoms with E-state index in [0.717, 1.165) is 9.87 Å². The maximum atomic E-state index is 13.2. The van der Waals surface area contributed by atoms with Crippen LogP contribution in [0.1, 0.15) is 17.9 Å². The van der Waals surface area contributed by atoms with Gasteiger partial charge in [-0.15, -0.1) is 0 Å². The number of sulfonamides is 1. The van der Waals surface area contributed by atoms with Crippen LogP contribution in [0.3, 0.4) is 0 Å². The number of nitrogens with zero attached hydrogens (tertiary/aromatic N) is 1. The first-order valence-electron chi connectivity index (χ1n) is 12.3. The second-order valence-electron chi connectivity index (χ2n) is 8.59. The number of aliphatic hydroxyl groups excluding tert-OH is 1. The Morgan fingerprint density at radius 2 is 1.92 bits per heavy atom. The lowest BCUT2D eigenvalue weighted by atomic mass is 9.92. The molecule has 0 radical (unpaired) electrons. The second kappa shape index (κ2) is 13.0. The van der Waals surface area contributed by atoms with E-state index in [1.54, 1.807) is 24.3 Å². The molecule has 0 bridgehead atoms. The highest BCUT2D eigenvalue weighted by atomic mass is 32.2. The van der Waals surface area contributed by atoms with Crippen LogP contribution in [0.5, 0.6) is 17.2 Å². The van der Waals surface area contributed by atoms with Crippen LogP contribution in [0.15, 0.2) is 71.9 Å². The number of aliphatic hydroxyl groups is 1. The fraction of sp³-hybridized carbons (Fsp3) is 0.370. The fourth-order valence-corrected chi connectivity index (χ4v) is 5.55. The van der Waals surface area contributed by atoms with Crippen molar-refractivity contribution in [1.29, 1.82) is 0 Å². The van der Waals surface area contributed by atoms with Crippen molar-refractivity contribution in [2.75, 3.05) is 46.8 Å². The molecule has 1 N–H and O–H groups in total. The van der Waals surface area contributed by atoms with Crippen LogP contribution in [0.4, 0.5) is 0 Å². The van der Waals surface area contributed by atoms with Gasteiger partial charge in [0, 0.05) is 25.4 Å². The largest absolute Gasteiger partial charge is 0.497 e. The van der Waals surface area contributed by atoms with Crippen molar-refractivity contribution in [3.05, 3.63) is 72.5 Å². The summed E-state index contributed by atoms with van der Waals surface area (Å²) in [5.41, 5.74) is 0.856. The molecule has 12 heteroatoms. The van der Waals surface area contributed by atoms with Crippen molar-refractivity contribution in [1.82, 2.24) is 4.31 Å². The van der Waals surface area contributed by atoms with E-state index in [0.29, 0.717) is 23.7 Å². The molecule has 210 valence electrons. The molecular formula is C27H31NO10S. The molecule has 0 amide bonds. The topological polar surface area (TPSA) is 130 Å². The zero-order chi connectivity index (χ0) is 27.8. The molecule has 2 atom stereocenters. The average molecular weight is 562 g/mol. The van der Waals surface area contributed by atoms with E-state index >= 15 is 0 Å². The monoisotopic (exact) mass is 561 g/mol. The summed E-state index contributed by atoms with van der Waals surface area (Å²) in [6.07, 6.45) is 2.60. The van der Waals surface area contributed by atoms with Crippen LogP contribution in [0.25, 0.3) is 0 Å². The Morgan fingerprint density at radius 3 is 2.64 bits per heavy atom. The maximum absolute atomic E-state index is 13.2. The highest BCUT2D eigenvalue weighted by Gasteiger charge is 2.31. The minimum absolute atomic E-state index is 0.0130. The van der Waals surface area contributed by atoms with Gasteiger partial charge < -0.3 is 33.5 Å². The predicted molar refractivity (Wildman–Crippen MR) is 139 cm³/mol. The van der Waals surface area contributed by atoms with Crippen molar-refractivity contribution < 1.29 is 46.7 Å². The van der Waals surface area contributed by atoms with Gasteiger partial charge in [0.25, 0.3) is 0 Å². The van der Waals surface area contributed by atoms with Crippen molar-refractivity contribution in [3.8, 4) is 17.2 Å². The van der Waals surface area contributed by atoms with Gasteiger partial charge in [-0.2, -0.15) is 4.31 Å². The van der Waals surface area contributed by atoms with Gasteiger partial charge in [0.05, 0.1) is 25.2 Å². The van der Waals surface area contributed by atoms with E-state index in [2.05, 4.69) is 6.58 Å². The number of hydrogen-bond donors (Lipinski definition) is 1. The van der Waals surface area contributed by atoms with Gasteiger partial charge in [0.15, 0.2) is 11.5 Å². The molecule has 4 rings (SSSR count). The SMILES string of the molecule is C=CCOC(=O)C1=C[C@H](c2ccc3c(c2)OCO3)CC(OCCN(CCO)S(=O)(=O)c2ccc(OC)cc2)O1. The van der Waals surface area contributed by atoms with Crippen molar-refractivity contribution in [2.45, 2.75) is 23.5 Å². The zero-order valence-corrected chi connectivity index (χ0v) is 22.3. The lowest BCUT2D eigenvalue weighted by Crippen LogP contribution is -2.37. The van der Waals surface area contributed by atoms with Crippen LogP contribution in [0, 0.1) is 0 Å². The van der Waals surface area contributed by atoms with Crippen LogP contribution < -0.4 is 14.2 Å². The molecule has 0 saturated carbocycles. The number of rotatable bonds is 13.